The van der Waals surface area contributed by atoms with E-state index < -0.39 is 0 Å². The van der Waals surface area contributed by atoms with E-state index in [1.807, 2.05) is 31.2 Å². The minimum atomic E-state index is -0.0378. The van der Waals surface area contributed by atoms with E-state index in [0.717, 1.165) is 11.1 Å². The van der Waals surface area contributed by atoms with E-state index in [2.05, 4.69) is 15.9 Å². The summed E-state index contributed by atoms with van der Waals surface area (Å²) in [6, 6.07) is 12.5. The van der Waals surface area contributed by atoms with Crippen molar-refractivity contribution < 1.29 is 9.90 Å². The molecule has 0 fully saturated rings. The van der Waals surface area contributed by atoms with Crippen molar-refractivity contribution in [3.8, 4) is 5.75 Å². The molecule has 19 heavy (non-hydrogen) atoms. The van der Waals surface area contributed by atoms with Crippen molar-refractivity contribution in [1.29, 1.82) is 0 Å². The monoisotopic (exact) mass is 316 g/mol. The fourth-order valence-electron chi connectivity index (χ4n) is 1.61. The van der Waals surface area contributed by atoms with Gasteiger partial charge in [-0.25, -0.2) is 0 Å². The first-order valence-corrected chi connectivity index (χ1v) is 6.63. The molecule has 0 bridgehead atoms. The highest BCUT2D eigenvalue weighted by molar-refractivity contribution is 9.10. The van der Waals surface area contributed by atoms with Crippen LogP contribution in [-0.4, -0.2) is 10.9 Å². The van der Waals surface area contributed by atoms with E-state index in [1.54, 1.807) is 24.3 Å². The maximum absolute atomic E-state index is 11.9. The van der Waals surface area contributed by atoms with E-state index in [-0.39, 0.29) is 11.5 Å². The SMILES string of the molecule is Cc1ccc(C(=O)/C=C/c2ccc(O)c(Br)c2)cc1. The van der Waals surface area contributed by atoms with Gasteiger partial charge in [0.25, 0.3) is 0 Å². The van der Waals surface area contributed by atoms with Gasteiger partial charge in [-0.15, -0.1) is 0 Å². The van der Waals surface area contributed by atoms with Crippen molar-refractivity contribution in [2.75, 3.05) is 0 Å². The lowest BCUT2D eigenvalue weighted by molar-refractivity contribution is 0.104. The van der Waals surface area contributed by atoms with Crippen LogP contribution in [-0.2, 0) is 0 Å². The minimum Gasteiger partial charge on any atom is -0.507 e. The fraction of sp³-hybridized carbons (Fsp3) is 0.0625. The van der Waals surface area contributed by atoms with Gasteiger partial charge in [0.15, 0.2) is 5.78 Å². The van der Waals surface area contributed by atoms with Crippen LogP contribution in [0.15, 0.2) is 53.0 Å². The van der Waals surface area contributed by atoms with Gasteiger partial charge in [-0.1, -0.05) is 42.0 Å². The summed E-state index contributed by atoms with van der Waals surface area (Å²) in [6.07, 6.45) is 3.26. The number of aryl methyl sites for hydroxylation is 1. The van der Waals surface area contributed by atoms with Gasteiger partial charge in [-0.3, -0.25) is 4.79 Å². The van der Waals surface area contributed by atoms with Gasteiger partial charge in [0.1, 0.15) is 5.75 Å². The molecule has 0 aliphatic carbocycles. The van der Waals surface area contributed by atoms with Crippen LogP contribution in [0.3, 0.4) is 0 Å². The number of hydrogen-bond acceptors (Lipinski definition) is 2. The van der Waals surface area contributed by atoms with Crippen molar-refractivity contribution in [3.05, 3.63) is 69.7 Å². The smallest absolute Gasteiger partial charge is 0.185 e. The zero-order valence-electron chi connectivity index (χ0n) is 10.4. The van der Waals surface area contributed by atoms with Crippen LogP contribution >= 0.6 is 15.9 Å². The standard InChI is InChI=1S/C16H13BrO2/c1-11-2-6-13(7-3-11)15(18)8-4-12-5-9-16(19)14(17)10-12/h2-10,19H,1H3/b8-4+. The average molecular weight is 317 g/mol. The number of rotatable bonds is 3. The largest absolute Gasteiger partial charge is 0.507 e. The zero-order valence-corrected chi connectivity index (χ0v) is 12.0. The summed E-state index contributed by atoms with van der Waals surface area (Å²) in [6.45, 7) is 1.98. The predicted molar refractivity (Wildman–Crippen MR) is 80.4 cm³/mol. The number of phenols is 1. The van der Waals surface area contributed by atoms with Crippen molar-refractivity contribution >= 4 is 27.8 Å². The van der Waals surface area contributed by atoms with Gasteiger partial charge in [-0.2, -0.15) is 0 Å². The molecular formula is C16H13BrO2. The molecule has 3 heteroatoms. The Morgan fingerprint density at radius 3 is 2.47 bits per heavy atom. The topological polar surface area (TPSA) is 37.3 Å². The fourth-order valence-corrected chi connectivity index (χ4v) is 2.01. The second-order valence-electron chi connectivity index (χ2n) is 4.27. The van der Waals surface area contributed by atoms with Crippen LogP contribution in [0.25, 0.3) is 6.08 Å². The summed E-state index contributed by atoms with van der Waals surface area (Å²) in [5.41, 5.74) is 2.65. The third-order valence-corrected chi connectivity index (χ3v) is 3.37. The lowest BCUT2D eigenvalue weighted by Gasteiger charge is -1.99. The van der Waals surface area contributed by atoms with Crippen molar-refractivity contribution in [2.45, 2.75) is 6.92 Å². The van der Waals surface area contributed by atoms with Gasteiger partial charge in [0, 0.05) is 5.56 Å². The molecule has 0 radical (unpaired) electrons. The molecule has 0 heterocycles. The summed E-state index contributed by atoms with van der Waals surface area (Å²) in [4.78, 5) is 11.9. The van der Waals surface area contributed by atoms with E-state index in [4.69, 9.17) is 0 Å². The van der Waals surface area contributed by atoms with Crippen molar-refractivity contribution in [2.24, 2.45) is 0 Å². The molecule has 0 saturated carbocycles. The molecule has 0 saturated heterocycles. The number of hydrogen-bond donors (Lipinski definition) is 1. The molecule has 0 aliphatic heterocycles. The molecule has 0 unspecified atom stereocenters. The molecule has 2 aromatic rings. The van der Waals surface area contributed by atoms with Crippen molar-refractivity contribution in [3.63, 3.8) is 0 Å². The molecule has 0 aromatic heterocycles. The van der Waals surface area contributed by atoms with E-state index in [0.29, 0.717) is 10.0 Å². The third kappa shape index (κ3) is 3.55. The first kappa shape index (κ1) is 13.6. The van der Waals surface area contributed by atoms with Gasteiger partial charge in [0.2, 0.25) is 0 Å². The number of benzene rings is 2. The molecule has 0 aliphatic rings. The average Bonchev–Trinajstić information content (AvgIpc) is 2.40. The van der Waals surface area contributed by atoms with Crippen LogP contribution in [0.4, 0.5) is 0 Å². The third-order valence-electron chi connectivity index (χ3n) is 2.73. The van der Waals surface area contributed by atoms with Crippen LogP contribution in [0.1, 0.15) is 21.5 Å². The highest BCUT2D eigenvalue weighted by Gasteiger charge is 2.01. The number of phenolic OH excluding ortho intramolecular Hbond substituents is 1. The number of carbonyl (C=O) groups is 1. The maximum atomic E-state index is 11.9. The highest BCUT2D eigenvalue weighted by Crippen LogP contribution is 2.24. The second-order valence-corrected chi connectivity index (χ2v) is 5.13. The molecule has 2 nitrogen and oxygen atoms in total. The van der Waals surface area contributed by atoms with Crippen LogP contribution < -0.4 is 0 Å². The van der Waals surface area contributed by atoms with Gasteiger partial charge >= 0.3 is 0 Å². The number of aromatic hydroxyl groups is 1. The molecule has 2 aromatic carbocycles. The van der Waals surface area contributed by atoms with Crippen LogP contribution in [0, 0.1) is 6.92 Å². The molecule has 0 atom stereocenters. The molecule has 1 N–H and O–H groups in total. The van der Waals surface area contributed by atoms with E-state index >= 15 is 0 Å². The summed E-state index contributed by atoms with van der Waals surface area (Å²) >= 11 is 3.24. The normalized spacial score (nSPS) is 10.8. The summed E-state index contributed by atoms with van der Waals surface area (Å²) in [5, 5.41) is 9.39. The Morgan fingerprint density at radius 1 is 1.16 bits per heavy atom. The minimum absolute atomic E-state index is 0.0378. The van der Waals surface area contributed by atoms with Crippen LogP contribution in [0.5, 0.6) is 5.75 Å². The quantitative estimate of drug-likeness (QED) is 0.674. The first-order valence-electron chi connectivity index (χ1n) is 5.84. The molecule has 0 amide bonds. The number of ketones is 1. The Kier molecular flexibility index (Phi) is 4.17. The van der Waals surface area contributed by atoms with E-state index in [9.17, 15) is 9.90 Å². The molecular weight excluding hydrogens is 304 g/mol. The van der Waals surface area contributed by atoms with Crippen LogP contribution in [0.2, 0.25) is 0 Å². The number of allylic oxidation sites excluding steroid dienone is 1. The van der Waals surface area contributed by atoms with Crippen molar-refractivity contribution in [1.82, 2.24) is 0 Å². The van der Waals surface area contributed by atoms with Gasteiger partial charge in [-0.05, 0) is 46.6 Å². The molecule has 0 spiro atoms. The zero-order chi connectivity index (χ0) is 13.8. The molecule has 2 rings (SSSR count). The summed E-state index contributed by atoms with van der Waals surface area (Å²) < 4.78 is 0.609. The van der Waals surface area contributed by atoms with E-state index in [1.165, 1.54) is 6.08 Å². The Balaban J connectivity index is 2.15. The molecule has 96 valence electrons. The Bertz CT molecular complexity index is 628. The van der Waals surface area contributed by atoms with Gasteiger partial charge < -0.3 is 5.11 Å². The Hall–Kier alpha value is -1.87. The summed E-state index contributed by atoms with van der Waals surface area (Å²) in [7, 11) is 0. The predicted octanol–water partition coefficient (Wildman–Crippen LogP) is 4.36. The lowest BCUT2D eigenvalue weighted by Crippen LogP contribution is -1.93. The highest BCUT2D eigenvalue weighted by atomic mass is 79.9. The van der Waals surface area contributed by atoms with Gasteiger partial charge in [0.05, 0.1) is 4.47 Å². The summed E-state index contributed by atoms with van der Waals surface area (Å²) in [5.74, 6) is 0.145. The lowest BCUT2D eigenvalue weighted by atomic mass is 10.1. The number of carbonyl (C=O) groups excluding carboxylic acids is 1. The first-order chi connectivity index (χ1) is 9.06. The number of halogens is 1. The Labute approximate surface area is 120 Å². The Morgan fingerprint density at radius 2 is 1.84 bits per heavy atom. The maximum Gasteiger partial charge on any atom is 0.185 e. The second kappa shape index (κ2) is 5.85.